The van der Waals surface area contributed by atoms with Crippen molar-refractivity contribution in [2.75, 3.05) is 17.6 Å². The van der Waals surface area contributed by atoms with E-state index in [0.29, 0.717) is 30.5 Å². The highest BCUT2D eigenvalue weighted by Gasteiger charge is 2.06. The number of nitrogens with one attached hydrogen (secondary N) is 1. The third-order valence-corrected chi connectivity index (χ3v) is 2.33. The number of hydrogen-bond acceptors (Lipinski definition) is 7. The summed E-state index contributed by atoms with van der Waals surface area (Å²) >= 11 is 0. The van der Waals surface area contributed by atoms with Crippen molar-refractivity contribution in [2.24, 2.45) is 0 Å². The SMILES string of the molecule is CC(C)c1nc(N)cc(NCCc2ncno2)n1. The Bertz CT molecular complexity index is 496. The fourth-order valence-corrected chi connectivity index (χ4v) is 1.44. The first-order valence-corrected chi connectivity index (χ1v) is 5.79. The molecule has 0 bridgehead atoms. The molecule has 0 radical (unpaired) electrons. The molecule has 96 valence electrons. The maximum atomic E-state index is 5.73. The minimum atomic E-state index is 0.241. The zero-order valence-electron chi connectivity index (χ0n) is 10.4. The number of nitrogen functional groups attached to an aromatic ring is 1. The molecule has 0 spiro atoms. The Morgan fingerprint density at radius 1 is 1.39 bits per heavy atom. The molecule has 7 heteroatoms. The van der Waals surface area contributed by atoms with Crippen LogP contribution >= 0.6 is 0 Å². The molecule has 0 saturated heterocycles. The predicted octanol–water partition coefficient (Wildman–Crippen LogP) is 1.22. The highest BCUT2D eigenvalue weighted by Crippen LogP contribution is 2.14. The van der Waals surface area contributed by atoms with Crippen LogP contribution in [0.25, 0.3) is 0 Å². The molecule has 0 unspecified atom stereocenters. The van der Waals surface area contributed by atoms with Crippen LogP contribution in [0.5, 0.6) is 0 Å². The van der Waals surface area contributed by atoms with Gasteiger partial charge < -0.3 is 15.6 Å². The minimum absolute atomic E-state index is 0.241. The Morgan fingerprint density at radius 3 is 2.89 bits per heavy atom. The molecule has 0 aromatic carbocycles. The molecule has 0 aliphatic carbocycles. The van der Waals surface area contributed by atoms with Crippen LogP contribution in [0.2, 0.25) is 0 Å². The number of hydrogen-bond donors (Lipinski definition) is 2. The van der Waals surface area contributed by atoms with Crippen LogP contribution in [-0.4, -0.2) is 26.7 Å². The van der Waals surface area contributed by atoms with Crippen LogP contribution in [0.3, 0.4) is 0 Å². The van der Waals surface area contributed by atoms with Gasteiger partial charge in [0, 0.05) is 24.9 Å². The Morgan fingerprint density at radius 2 is 2.22 bits per heavy atom. The van der Waals surface area contributed by atoms with Crippen molar-refractivity contribution < 1.29 is 4.52 Å². The monoisotopic (exact) mass is 248 g/mol. The average Bonchev–Trinajstić information content (AvgIpc) is 2.81. The van der Waals surface area contributed by atoms with Crippen LogP contribution in [0, 0.1) is 0 Å². The molecular formula is C11H16N6O. The van der Waals surface area contributed by atoms with Gasteiger partial charge in [-0.1, -0.05) is 19.0 Å². The first-order valence-electron chi connectivity index (χ1n) is 5.79. The summed E-state index contributed by atoms with van der Waals surface area (Å²) in [6, 6.07) is 1.71. The molecule has 0 fully saturated rings. The molecule has 2 aromatic heterocycles. The molecule has 0 amide bonds. The molecule has 2 heterocycles. The van der Waals surface area contributed by atoms with Gasteiger partial charge >= 0.3 is 0 Å². The van der Waals surface area contributed by atoms with Crippen molar-refractivity contribution >= 4 is 11.6 Å². The van der Waals surface area contributed by atoms with E-state index < -0.39 is 0 Å². The summed E-state index contributed by atoms with van der Waals surface area (Å²) in [6.45, 7) is 4.70. The summed E-state index contributed by atoms with van der Waals surface area (Å²) in [6.07, 6.45) is 2.02. The zero-order valence-corrected chi connectivity index (χ0v) is 10.4. The van der Waals surface area contributed by atoms with Gasteiger partial charge in [-0.15, -0.1) is 0 Å². The summed E-state index contributed by atoms with van der Waals surface area (Å²) in [4.78, 5) is 12.5. The molecule has 18 heavy (non-hydrogen) atoms. The molecule has 2 rings (SSSR count). The van der Waals surface area contributed by atoms with E-state index in [1.807, 2.05) is 13.8 Å². The highest BCUT2D eigenvalue weighted by atomic mass is 16.5. The lowest BCUT2D eigenvalue weighted by atomic mass is 10.2. The quantitative estimate of drug-likeness (QED) is 0.819. The fourth-order valence-electron chi connectivity index (χ4n) is 1.44. The molecule has 0 saturated carbocycles. The summed E-state index contributed by atoms with van der Waals surface area (Å²) < 4.78 is 4.90. The van der Waals surface area contributed by atoms with E-state index >= 15 is 0 Å². The van der Waals surface area contributed by atoms with Gasteiger partial charge in [0.25, 0.3) is 0 Å². The van der Waals surface area contributed by atoms with Gasteiger partial charge in [-0.05, 0) is 0 Å². The summed E-state index contributed by atoms with van der Waals surface area (Å²) in [5.74, 6) is 2.74. The number of aromatic nitrogens is 4. The second-order valence-corrected chi connectivity index (χ2v) is 4.20. The molecule has 7 nitrogen and oxygen atoms in total. The van der Waals surface area contributed by atoms with Crippen molar-refractivity contribution in [3.05, 3.63) is 24.1 Å². The van der Waals surface area contributed by atoms with Gasteiger partial charge in [-0.2, -0.15) is 4.98 Å². The molecule has 2 aromatic rings. The average molecular weight is 248 g/mol. The van der Waals surface area contributed by atoms with Gasteiger partial charge in [-0.25, -0.2) is 9.97 Å². The van der Waals surface area contributed by atoms with E-state index in [1.54, 1.807) is 6.07 Å². The summed E-state index contributed by atoms with van der Waals surface area (Å²) in [5.41, 5.74) is 5.73. The van der Waals surface area contributed by atoms with Crippen LogP contribution < -0.4 is 11.1 Å². The predicted molar refractivity (Wildman–Crippen MR) is 67.0 cm³/mol. The van der Waals surface area contributed by atoms with Gasteiger partial charge in [0.1, 0.15) is 17.5 Å². The van der Waals surface area contributed by atoms with Gasteiger partial charge in [-0.3, -0.25) is 0 Å². The molecule has 0 atom stereocenters. The first kappa shape index (κ1) is 12.3. The Balaban J connectivity index is 1.96. The van der Waals surface area contributed by atoms with E-state index in [9.17, 15) is 0 Å². The van der Waals surface area contributed by atoms with Crippen molar-refractivity contribution in [2.45, 2.75) is 26.2 Å². The second-order valence-electron chi connectivity index (χ2n) is 4.20. The Kier molecular flexibility index (Phi) is 3.71. The van der Waals surface area contributed by atoms with Crippen LogP contribution in [-0.2, 0) is 6.42 Å². The van der Waals surface area contributed by atoms with E-state index in [4.69, 9.17) is 10.3 Å². The normalized spacial score (nSPS) is 10.8. The Hall–Kier alpha value is -2.18. The van der Waals surface area contributed by atoms with Crippen LogP contribution in [0.4, 0.5) is 11.6 Å². The van der Waals surface area contributed by atoms with Gasteiger partial charge in [0.05, 0.1) is 0 Å². The highest BCUT2D eigenvalue weighted by molar-refractivity contribution is 5.44. The number of nitrogens with zero attached hydrogens (tertiary/aromatic N) is 4. The standard InChI is InChI=1S/C11H16N6O/c1-7(2)11-16-8(12)5-9(17-11)13-4-3-10-14-6-15-18-10/h5-7H,3-4H2,1-2H3,(H3,12,13,16,17). The maximum Gasteiger partial charge on any atom is 0.228 e. The Labute approximate surface area is 105 Å². The third kappa shape index (κ3) is 3.16. The van der Waals surface area contributed by atoms with Crippen molar-refractivity contribution in [3.8, 4) is 0 Å². The van der Waals surface area contributed by atoms with E-state index in [0.717, 1.165) is 5.82 Å². The molecule has 0 aliphatic heterocycles. The third-order valence-electron chi connectivity index (χ3n) is 2.33. The topological polar surface area (TPSA) is 103 Å². The second kappa shape index (κ2) is 5.44. The molecule has 3 N–H and O–H groups in total. The fraction of sp³-hybridized carbons (Fsp3) is 0.455. The summed E-state index contributed by atoms with van der Waals surface area (Å²) in [5, 5.41) is 6.70. The molecule has 0 aliphatic rings. The van der Waals surface area contributed by atoms with Gasteiger partial charge in [0.15, 0.2) is 6.33 Å². The smallest absolute Gasteiger partial charge is 0.228 e. The molecular weight excluding hydrogens is 232 g/mol. The van der Waals surface area contributed by atoms with Crippen molar-refractivity contribution in [3.63, 3.8) is 0 Å². The maximum absolute atomic E-state index is 5.73. The zero-order chi connectivity index (χ0) is 13.0. The minimum Gasteiger partial charge on any atom is -0.384 e. The van der Waals surface area contributed by atoms with Crippen molar-refractivity contribution in [1.82, 2.24) is 20.1 Å². The first-order chi connectivity index (χ1) is 8.65. The lowest BCUT2D eigenvalue weighted by molar-refractivity contribution is 0.379. The van der Waals surface area contributed by atoms with E-state index in [2.05, 4.69) is 25.4 Å². The lowest BCUT2D eigenvalue weighted by Gasteiger charge is -2.09. The van der Waals surface area contributed by atoms with Crippen LogP contribution in [0.15, 0.2) is 16.9 Å². The van der Waals surface area contributed by atoms with Gasteiger partial charge in [0.2, 0.25) is 5.89 Å². The van der Waals surface area contributed by atoms with Crippen LogP contribution in [0.1, 0.15) is 31.5 Å². The van der Waals surface area contributed by atoms with E-state index in [1.165, 1.54) is 6.33 Å². The lowest BCUT2D eigenvalue weighted by Crippen LogP contribution is -2.10. The van der Waals surface area contributed by atoms with E-state index in [-0.39, 0.29) is 5.92 Å². The number of anilines is 2. The van der Waals surface area contributed by atoms with Crippen molar-refractivity contribution in [1.29, 1.82) is 0 Å². The summed E-state index contributed by atoms with van der Waals surface area (Å²) in [7, 11) is 0. The number of rotatable bonds is 5. The number of nitrogens with two attached hydrogens (primary N) is 1. The largest absolute Gasteiger partial charge is 0.384 e.